The van der Waals surface area contributed by atoms with Crippen LogP contribution < -0.4 is 15.8 Å². The molecule has 4 nitrogen and oxygen atoms in total. The van der Waals surface area contributed by atoms with Crippen LogP contribution in [0.25, 0.3) is 0 Å². The number of rotatable bonds is 7. The van der Waals surface area contributed by atoms with Gasteiger partial charge in [-0.15, -0.1) is 6.58 Å². The Morgan fingerprint density at radius 1 is 1.63 bits per heavy atom. The molecule has 0 aliphatic carbocycles. The number of ether oxygens (including phenoxy) is 1. The summed E-state index contributed by atoms with van der Waals surface area (Å²) in [7, 11) is 0. The van der Waals surface area contributed by atoms with Gasteiger partial charge >= 0.3 is 0 Å². The van der Waals surface area contributed by atoms with Gasteiger partial charge in [0, 0.05) is 6.54 Å². The predicted octanol–water partition coefficient (Wildman–Crippen LogP) is 1.91. The maximum Gasteiger partial charge on any atom is 0.261 e. The van der Waals surface area contributed by atoms with Crippen molar-refractivity contribution in [2.24, 2.45) is 5.73 Å². The lowest BCUT2D eigenvalue weighted by atomic mass is 10.1. The summed E-state index contributed by atoms with van der Waals surface area (Å²) in [6, 6.07) is 5.45. The summed E-state index contributed by atoms with van der Waals surface area (Å²) in [6.07, 6.45) is 1.76. The minimum atomic E-state index is -0.613. The van der Waals surface area contributed by atoms with Gasteiger partial charge in [-0.3, -0.25) is 4.79 Å². The first-order valence-electron chi connectivity index (χ1n) is 6.12. The van der Waals surface area contributed by atoms with Crippen molar-refractivity contribution in [2.75, 3.05) is 13.1 Å². The second kappa shape index (κ2) is 7.81. The highest BCUT2D eigenvalue weighted by molar-refractivity contribution is 6.32. The van der Waals surface area contributed by atoms with Crippen molar-refractivity contribution in [1.82, 2.24) is 5.32 Å². The van der Waals surface area contributed by atoms with Crippen LogP contribution in [0.2, 0.25) is 5.02 Å². The third kappa shape index (κ3) is 4.93. The first kappa shape index (κ1) is 15.5. The van der Waals surface area contributed by atoms with Crippen LogP contribution in [0, 0.1) is 0 Å². The highest BCUT2D eigenvalue weighted by atomic mass is 35.5. The molecule has 1 amide bonds. The number of hydrogen-bond acceptors (Lipinski definition) is 3. The lowest BCUT2D eigenvalue weighted by Crippen LogP contribution is -2.36. The number of hydrogen-bond donors (Lipinski definition) is 2. The summed E-state index contributed by atoms with van der Waals surface area (Å²) in [5.41, 5.74) is 6.53. The van der Waals surface area contributed by atoms with Crippen molar-refractivity contribution in [3.8, 4) is 5.75 Å². The zero-order chi connectivity index (χ0) is 14.3. The Labute approximate surface area is 118 Å². The first-order chi connectivity index (χ1) is 9.08. The molecule has 0 saturated heterocycles. The first-order valence-corrected chi connectivity index (χ1v) is 6.50. The average Bonchev–Trinajstić information content (AvgIpc) is 2.39. The number of halogens is 1. The standard InChI is InChI=1S/C14H19ClN2O2/c1-3-8-17-14(18)10(2)19-13-5-4-11(6-7-16)9-12(13)15/h3-5,9-10H,1,6-8,16H2,2H3,(H,17,18). The van der Waals surface area contributed by atoms with E-state index in [-0.39, 0.29) is 5.91 Å². The van der Waals surface area contributed by atoms with E-state index in [0.29, 0.717) is 23.9 Å². The second-order valence-corrected chi connectivity index (χ2v) is 4.50. The van der Waals surface area contributed by atoms with E-state index in [1.165, 1.54) is 0 Å². The van der Waals surface area contributed by atoms with E-state index in [4.69, 9.17) is 22.1 Å². The number of carbonyl (C=O) groups excluding carboxylic acids is 1. The topological polar surface area (TPSA) is 64.3 Å². The third-order valence-electron chi connectivity index (χ3n) is 2.52. The lowest BCUT2D eigenvalue weighted by Gasteiger charge is -2.15. The van der Waals surface area contributed by atoms with Gasteiger partial charge in [-0.05, 0) is 37.6 Å². The van der Waals surface area contributed by atoms with E-state index < -0.39 is 6.10 Å². The van der Waals surface area contributed by atoms with E-state index in [2.05, 4.69) is 11.9 Å². The minimum absolute atomic E-state index is 0.206. The van der Waals surface area contributed by atoms with E-state index in [1.807, 2.05) is 6.07 Å². The van der Waals surface area contributed by atoms with Crippen LogP contribution in [0.15, 0.2) is 30.9 Å². The monoisotopic (exact) mass is 282 g/mol. The summed E-state index contributed by atoms with van der Waals surface area (Å²) >= 11 is 6.10. The number of nitrogens with one attached hydrogen (secondary N) is 1. The van der Waals surface area contributed by atoms with Crippen molar-refractivity contribution in [2.45, 2.75) is 19.4 Å². The molecule has 104 valence electrons. The van der Waals surface area contributed by atoms with Gasteiger partial charge in [-0.2, -0.15) is 0 Å². The predicted molar refractivity (Wildman–Crippen MR) is 77.5 cm³/mol. The van der Waals surface area contributed by atoms with Crippen LogP contribution in [0.1, 0.15) is 12.5 Å². The zero-order valence-electron chi connectivity index (χ0n) is 11.0. The molecule has 0 spiro atoms. The molecule has 0 heterocycles. The van der Waals surface area contributed by atoms with Crippen LogP contribution in [0.3, 0.4) is 0 Å². The molecule has 0 aliphatic heterocycles. The Balaban J connectivity index is 2.66. The molecule has 5 heteroatoms. The number of nitrogens with two attached hydrogens (primary N) is 1. The number of benzene rings is 1. The van der Waals surface area contributed by atoms with Gasteiger partial charge in [-0.25, -0.2) is 0 Å². The van der Waals surface area contributed by atoms with Crippen molar-refractivity contribution >= 4 is 17.5 Å². The Hall–Kier alpha value is -1.52. The van der Waals surface area contributed by atoms with E-state index >= 15 is 0 Å². The molecule has 1 unspecified atom stereocenters. The molecule has 0 bridgehead atoms. The summed E-state index contributed by atoms with van der Waals surface area (Å²) in [5, 5.41) is 3.14. The van der Waals surface area contributed by atoms with Crippen molar-refractivity contribution in [1.29, 1.82) is 0 Å². The fraction of sp³-hybridized carbons (Fsp3) is 0.357. The van der Waals surface area contributed by atoms with Gasteiger partial charge in [0.25, 0.3) is 5.91 Å². The molecular formula is C14H19ClN2O2. The molecule has 0 aliphatic rings. The van der Waals surface area contributed by atoms with Gasteiger partial charge in [0.1, 0.15) is 5.75 Å². The maximum absolute atomic E-state index is 11.6. The van der Waals surface area contributed by atoms with Gasteiger partial charge in [0.2, 0.25) is 0 Å². The molecule has 1 rings (SSSR count). The second-order valence-electron chi connectivity index (χ2n) is 4.10. The molecule has 1 aromatic carbocycles. The van der Waals surface area contributed by atoms with E-state index in [9.17, 15) is 4.79 Å². The quantitative estimate of drug-likeness (QED) is 0.751. The van der Waals surface area contributed by atoms with Crippen molar-refractivity contribution in [3.63, 3.8) is 0 Å². The van der Waals surface area contributed by atoms with Crippen LogP contribution in [0.4, 0.5) is 0 Å². The summed E-state index contributed by atoms with van der Waals surface area (Å²) in [4.78, 5) is 11.6. The number of amides is 1. The number of carbonyl (C=O) groups is 1. The largest absolute Gasteiger partial charge is 0.479 e. The van der Waals surface area contributed by atoms with Crippen LogP contribution in [0.5, 0.6) is 5.75 Å². The highest BCUT2D eigenvalue weighted by Gasteiger charge is 2.15. The Morgan fingerprint density at radius 2 is 2.37 bits per heavy atom. The smallest absolute Gasteiger partial charge is 0.261 e. The maximum atomic E-state index is 11.6. The minimum Gasteiger partial charge on any atom is -0.479 e. The van der Waals surface area contributed by atoms with Crippen LogP contribution in [-0.2, 0) is 11.2 Å². The van der Waals surface area contributed by atoms with Gasteiger partial charge in [0.05, 0.1) is 5.02 Å². The Kier molecular flexibility index (Phi) is 6.39. The summed E-state index contributed by atoms with van der Waals surface area (Å²) in [5.74, 6) is 0.283. The average molecular weight is 283 g/mol. The molecule has 0 saturated carbocycles. The fourth-order valence-electron chi connectivity index (χ4n) is 1.52. The van der Waals surface area contributed by atoms with E-state index in [0.717, 1.165) is 12.0 Å². The van der Waals surface area contributed by atoms with Gasteiger partial charge in [0.15, 0.2) is 6.10 Å². The molecule has 1 atom stereocenters. The SMILES string of the molecule is C=CCNC(=O)C(C)Oc1ccc(CCN)cc1Cl. The molecule has 0 fully saturated rings. The highest BCUT2D eigenvalue weighted by Crippen LogP contribution is 2.26. The summed E-state index contributed by atoms with van der Waals surface area (Å²) < 4.78 is 5.53. The van der Waals surface area contributed by atoms with Crippen molar-refractivity contribution in [3.05, 3.63) is 41.4 Å². The summed E-state index contributed by atoms with van der Waals surface area (Å²) in [6.45, 7) is 6.18. The molecule has 0 aromatic heterocycles. The molecule has 1 aromatic rings. The molecular weight excluding hydrogens is 264 g/mol. The normalized spacial score (nSPS) is 11.7. The van der Waals surface area contributed by atoms with Crippen LogP contribution >= 0.6 is 11.6 Å². The van der Waals surface area contributed by atoms with Gasteiger partial charge in [-0.1, -0.05) is 23.7 Å². The lowest BCUT2D eigenvalue weighted by molar-refractivity contribution is -0.127. The van der Waals surface area contributed by atoms with E-state index in [1.54, 1.807) is 25.1 Å². The van der Waals surface area contributed by atoms with Crippen molar-refractivity contribution < 1.29 is 9.53 Å². The Morgan fingerprint density at radius 3 is 2.95 bits per heavy atom. The van der Waals surface area contributed by atoms with Crippen LogP contribution in [-0.4, -0.2) is 25.1 Å². The third-order valence-corrected chi connectivity index (χ3v) is 2.82. The molecule has 0 radical (unpaired) electrons. The molecule has 3 N–H and O–H groups in total. The molecule has 19 heavy (non-hydrogen) atoms. The Bertz CT molecular complexity index is 449. The van der Waals surface area contributed by atoms with Gasteiger partial charge < -0.3 is 15.8 Å². The zero-order valence-corrected chi connectivity index (χ0v) is 11.7. The fourth-order valence-corrected chi connectivity index (χ4v) is 1.77.